The van der Waals surface area contributed by atoms with Crippen LogP contribution in [0.1, 0.15) is 18.4 Å². The highest BCUT2D eigenvalue weighted by molar-refractivity contribution is 5.81. The van der Waals surface area contributed by atoms with Crippen molar-refractivity contribution >= 4 is 11.0 Å². The van der Waals surface area contributed by atoms with Crippen LogP contribution in [0.25, 0.3) is 11.0 Å². The van der Waals surface area contributed by atoms with Gasteiger partial charge in [-0.2, -0.15) is 0 Å². The van der Waals surface area contributed by atoms with Crippen LogP contribution in [0.5, 0.6) is 5.75 Å². The van der Waals surface area contributed by atoms with Crippen molar-refractivity contribution in [1.29, 1.82) is 0 Å². The number of nitrogens with zero attached hydrogens (tertiary/aromatic N) is 1. The van der Waals surface area contributed by atoms with Gasteiger partial charge in [0.05, 0.1) is 0 Å². The molecule has 0 bridgehead atoms. The minimum atomic E-state index is -0.377. The maximum absolute atomic E-state index is 11.7. The normalized spacial score (nSPS) is 19.2. The molecule has 1 atom stereocenters. The fourth-order valence-electron chi connectivity index (χ4n) is 2.96. The zero-order valence-corrected chi connectivity index (χ0v) is 12.1. The van der Waals surface area contributed by atoms with Gasteiger partial charge >= 0.3 is 5.63 Å². The number of rotatable bonds is 3. The minimum Gasteiger partial charge on any atom is -0.508 e. The zero-order chi connectivity index (χ0) is 14.8. The number of phenols is 1. The molecule has 112 valence electrons. The van der Waals surface area contributed by atoms with E-state index in [-0.39, 0.29) is 11.4 Å². The van der Waals surface area contributed by atoms with Crippen LogP contribution in [-0.2, 0) is 6.54 Å². The molecule has 1 aliphatic rings. The van der Waals surface area contributed by atoms with E-state index in [1.807, 2.05) is 0 Å². The smallest absolute Gasteiger partial charge is 0.336 e. The second-order valence-electron chi connectivity index (χ2n) is 5.69. The van der Waals surface area contributed by atoms with E-state index in [0.717, 1.165) is 24.0 Å². The maximum atomic E-state index is 11.7. The molecule has 5 nitrogen and oxygen atoms in total. The quantitative estimate of drug-likeness (QED) is 0.841. The third-order valence-electron chi connectivity index (χ3n) is 4.13. The molecule has 1 aromatic heterocycles. The number of benzene rings is 1. The van der Waals surface area contributed by atoms with Crippen molar-refractivity contribution in [2.75, 3.05) is 20.1 Å². The van der Waals surface area contributed by atoms with Gasteiger partial charge in [-0.15, -0.1) is 0 Å². The van der Waals surface area contributed by atoms with Crippen molar-refractivity contribution in [3.05, 3.63) is 40.2 Å². The summed E-state index contributed by atoms with van der Waals surface area (Å²) in [4.78, 5) is 14.0. The van der Waals surface area contributed by atoms with Gasteiger partial charge in [0.25, 0.3) is 0 Å². The van der Waals surface area contributed by atoms with Crippen molar-refractivity contribution < 1.29 is 9.52 Å². The molecule has 1 fully saturated rings. The molecule has 2 aromatic rings. The van der Waals surface area contributed by atoms with Gasteiger partial charge in [-0.25, -0.2) is 4.79 Å². The van der Waals surface area contributed by atoms with Gasteiger partial charge in [0.1, 0.15) is 11.3 Å². The van der Waals surface area contributed by atoms with Gasteiger partial charge in [-0.3, -0.25) is 4.90 Å². The Bertz CT molecular complexity index is 689. The Morgan fingerprint density at radius 3 is 3.05 bits per heavy atom. The van der Waals surface area contributed by atoms with E-state index < -0.39 is 0 Å². The molecule has 0 aliphatic carbocycles. The summed E-state index contributed by atoms with van der Waals surface area (Å²) >= 11 is 0. The van der Waals surface area contributed by atoms with Crippen LogP contribution in [0.15, 0.2) is 33.5 Å². The van der Waals surface area contributed by atoms with E-state index in [1.165, 1.54) is 18.9 Å². The van der Waals surface area contributed by atoms with Crippen LogP contribution in [-0.4, -0.2) is 36.2 Å². The van der Waals surface area contributed by atoms with E-state index >= 15 is 0 Å². The van der Waals surface area contributed by atoms with Gasteiger partial charge in [-0.05, 0) is 44.1 Å². The Labute approximate surface area is 123 Å². The number of nitrogens with one attached hydrogen (secondary N) is 1. The average Bonchev–Trinajstić information content (AvgIpc) is 2.47. The lowest BCUT2D eigenvalue weighted by molar-refractivity contribution is 0.196. The lowest BCUT2D eigenvalue weighted by Gasteiger charge is -2.31. The van der Waals surface area contributed by atoms with Crippen LogP contribution in [0.4, 0.5) is 0 Å². The molecule has 3 rings (SSSR count). The summed E-state index contributed by atoms with van der Waals surface area (Å²) in [5.74, 6) is 0.104. The molecule has 5 heteroatoms. The monoisotopic (exact) mass is 288 g/mol. The lowest BCUT2D eigenvalue weighted by atomic mass is 10.0. The number of hydrogen-bond acceptors (Lipinski definition) is 5. The number of hydrogen-bond donors (Lipinski definition) is 2. The van der Waals surface area contributed by atoms with Crippen molar-refractivity contribution in [3.8, 4) is 5.75 Å². The molecule has 0 radical (unpaired) electrons. The summed E-state index contributed by atoms with van der Waals surface area (Å²) in [5, 5.41) is 13.8. The standard InChI is InChI=1S/C16H20N2O3/c1-18(12-3-2-6-17-9-12)10-11-7-16(20)21-15-8-13(19)4-5-14(11)15/h4-5,7-8,12,17,19H,2-3,6,9-10H2,1H3. The molecule has 2 heterocycles. The topological polar surface area (TPSA) is 65.7 Å². The van der Waals surface area contributed by atoms with Crippen LogP contribution in [0.2, 0.25) is 0 Å². The molecule has 1 aromatic carbocycles. The Morgan fingerprint density at radius 2 is 2.29 bits per heavy atom. The van der Waals surface area contributed by atoms with Crippen LogP contribution in [0, 0.1) is 0 Å². The van der Waals surface area contributed by atoms with Crippen molar-refractivity contribution in [3.63, 3.8) is 0 Å². The lowest BCUT2D eigenvalue weighted by Crippen LogP contribution is -2.43. The van der Waals surface area contributed by atoms with E-state index in [2.05, 4.69) is 17.3 Å². The maximum Gasteiger partial charge on any atom is 0.336 e. The fraction of sp³-hybridized carbons (Fsp3) is 0.438. The van der Waals surface area contributed by atoms with Crippen LogP contribution < -0.4 is 10.9 Å². The van der Waals surface area contributed by atoms with Crippen molar-refractivity contribution in [2.45, 2.75) is 25.4 Å². The number of piperidine rings is 1. The fourth-order valence-corrected chi connectivity index (χ4v) is 2.96. The first-order valence-electron chi connectivity index (χ1n) is 7.30. The summed E-state index contributed by atoms with van der Waals surface area (Å²) < 4.78 is 5.16. The first kappa shape index (κ1) is 14.1. The highest BCUT2D eigenvalue weighted by Gasteiger charge is 2.19. The average molecular weight is 288 g/mol. The second kappa shape index (κ2) is 5.87. The third-order valence-corrected chi connectivity index (χ3v) is 4.13. The third kappa shape index (κ3) is 3.09. The van der Waals surface area contributed by atoms with Gasteiger partial charge in [-0.1, -0.05) is 0 Å². The summed E-state index contributed by atoms with van der Waals surface area (Å²) in [5.41, 5.74) is 1.00. The summed E-state index contributed by atoms with van der Waals surface area (Å²) in [6.07, 6.45) is 2.35. The molecular weight excluding hydrogens is 268 g/mol. The molecule has 0 amide bonds. The molecular formula is C16H20N2O3. The van der Waals surface area contributed by atoms with Crippen LogP contribution >= 0.6 is 0 Å². The largest absolute Gasteiger partial charge is 0.508 e. The Hall–Kier alpha value is -1.85. The van der Waals surface area contributed by atoms with Gasteiger partial charge in [0, 0.05) is 36.7 Å². The van der Waals surface area contributed by atoms with Crippen molar-refractivity contribution in [2.24, 2.45) is 0 Å². The molecule has 1 unspecified atom stereocenters. The first-order chi connectivity index (χ1) is 10.1. The second-order valence-corrected chi connectivity index (χ2v) is 5.69. The van der Waals surface area contributed by atoms with E-state index in [1.54, 1.807) is 18.2 Å². The number of phenolic OH excluding ortho intramolecular Hbond substituents is 1. The molecule has 1 aliphatic heterocycles. The summed E-state index contributed by atoms with van der Waals surface area (Å²) in [7, 11) is 2.08. The molecule has 0 spiro atoms. The van der Waals surface area contributed by atoms with E-state index in [9.17, 15) is 9.90 Å². The predicted molar refractivity (Wildman–Crippen MR) is 81.5 cm³/mol. The van der Waals surface area contributed by atoms with Crippen molar-refractivity contribution in [1.82, 2.24) is 10.2 Å². The number of fused-ring (bicyclic) bond motifs is 1. The SMILES string of the molecule is CN(Cc1cc(=O)oc2cc(O)ccc12)C1CCCNC1. The minimum absolute atomic E-state index is 0.104. The van der Waals surface area contributed by atoms with Crippen LogP contribution in [0.3, 0.4) is 0 Å². The molecule has 2 N–H and O–H groups in total. The summed E-state index contributed by atoms with van der Waals surface area (Å²) in [6.45, 7) is 2.76. The predicted octanol–water partition coefficient (Wildman–Crippen LogP) is 1.68. The van der Waals surface area contributed by atoms with Gasteiger partial charge < -0.3 is 14.8 Å². The molecule has 1 saturated heterocycles. The molecule has 0 saturated carbocycles. The van der Waals surface area contributed by atoms with Gasteiger partial charge in [0.15, 0.2) is 0 Å². The van der Waals surface area contributed by atoms with Gasteiger partial charge in [0.2, 0.25) is 0 Å². The first-order valence-corrected chi connectivity index (χ1v) is 7.30. The Balaban J connectivity index is 1.90. The summed E-state index contributed by atoms with van der Waals surface area (Å²) in [6, 6.07) is 6.94. The molecule has 21 heavy (non-hydrogen) atoms. The Kier molecular flexibility index (Phi) is 3.94. The zero-order valence-electron chi connectivity index (χ0n) is 12.1. The van der Waals surface area contributed by atoms with E-state index in [0.29, 0.717) is 18.2 Å². The number of aromatic hydroxyl groups is 1. The highest BCUT2D eigenvalue weighted by atomic mass is 16.4. The number of likely N-dealkylation sites (N-methyl/N-ethyl adjacent to an activating group) is 1. The Morgan fingerprint density at radius 1 is 1.43 bits per heavy atom. The highest BCUT2D eigenvalue weighted by Crippen LogP contribution is 2.23. The van der Waals surface area contributed by atoms with E-state index in [4.69, 9.17) is 4.42 Å².